The number of hydrogen-bond acceptors (Lipinski definition) is 5. The second-order valence-electron chi connectivity index (χ2n) is 9.03. The van der Waals surface area contributed by atoms with E-state index in [1.54, 1.807) is 12.2 Å². The summed E-state index contributed by atoms with van der Waals surface area (Å²) in [6.07, 6.45) is 9.32. The van der Waals surface area contributed by atoms with Gasteiger partial charge in [-0.3, -0.25) is 19.2 Å². The average Bonchev–Trinajstić information content (AvgIpc) is 2.92. The first-order valence-corrected chi connectivity index (χ1v) is 9.62. The van der Waals surface area contributed by atoms with Crippen LogP contribution in [0.1, 0.15) is 46.0 Å². The highest BCUT2D eigenvalue weighted by Crippen LogP contribution is 2.64. The summed E-state index contributed by atoms with van der Waals surface area (Å²) in [6.45, 7) is 4.15. The lowest BCUT2D eigenvalue weighted by molar-refractivity contribution is -0.146. The lowest BCUT2D eigenvalue weighted by Gasteiger charge is -2.55. The van der Waals surface area contributed by atoms with Gasteiger partial charge in [-0.15, -0.1) is 0 Å². The smallest absolute Gasteiger partial charge is 0.178 e. The van der Waals surface area contributed by atoms with Crippen LogP contribution in [0.2, 0.25) is 0 Å². The molecule has 6 atom stereocenters. The molecule has 4 aliphatic rings. The number of carbonyl (C=O) groups is 3. The molecule has 5 heteroatoms. The molecule has 0 aromatic carbocycles. The molecule has 5 nitrogen and oxygen atoms in total. The minimum Gasteiger partial charge on any atom is -0.299 e. The van der Waals surface area contributed by atoms with E-state index < -0.39 is 0 Å². The van der Waals surface area contributed by atoms with Gasteiger partial charge < -0.3 is 0 Å². The maximum absolute atomic E-state index is 13.3. The second-order valence-corrected chi connectivity index (χ2v) is 9.03. The van der Waals surface area contributed by atoms with Gasteiger partial charge >= 0.3 is 0 Å². The Bertz CT molecular complexity index is 738. The summed E-state index contributed by atoms with van der Waals surface area (Å²) in [7, 11) is 0. The van der Waals surface area contributed by atoms with Gasteiger partial charge in [-0.25, -0.2) is 5.90 Å². The maximum atomic E-state index is 13.3. The molecule has 0 aliphatic heterocycles. The SMILES string of the molecule is CC12C=CC(=O)C=C1CCC1C2C(=O)CC2(C)C(C(=O)CON)CCC12. The van der Waals surface area contributed by atoms with E-state index in [1.807, 2.05) is 6.08 Å². The zero-order valence-corrected chi connectivity index (χ0v) is 15.5. The quantitative estimate of drug-likeness (QED) is 0.785. The predicted octanol–water partition coefficient (Wildman–Crippen LogP) is 2.55. The molecule has 140 valence electrons. The van der Waals surface area contributed by atoms with E-state index in [2.05, 4.69) is 18.7 Å². The van der Waals surface area contributed by atoms with Gasteiger partial charge in [0.2, 0.25) is 0 Å². The van der Waals surface area contributed by atoms with Crippen LogP contribution in [0.3, 0.4) is 0 Å². The Kier molecular flexibility index (Phi) is 4.08. The third-order valence-corrected chi connectivity index (χ3v) is 7.87. The van der Waals surface area contributed by atoms with Crippen LogP contribution in [0.15, 0.2) is 23.8 Å². The molecule has 0 spiro atoms. The van der Waals surface area contributed by atoms with Crippen molar-refractivity contribution in [2.75, 3.05) is 6.61 Å². The number of fused-ring (bicyclic) bond motifs is 5. The largest absolute Gasteiger partial charge is 0.299 e. The number of nitrogens with two attached hydrogens (primary N) is 1. The Balaban J connectivity index is 1.69. The lowest BCUT2D eigenvalue weighted by Crippen LogP contribution is -2.54. The van der Waals surface area contributed by atoms with Crippen molar-refractivity contribution < 1.29 is 19.2 Å². The number of rotatable bonds is 3. The molecule has 4 rings (SSSR count). The molecular formula is C21H27NO4. The molecule has 0 aromatic rings. The van der Waals surface area contributed by atoms with Crippen LogP contribution in [0, 0.1) is 34.5 Å². The summed E-state index contributed by atoms with van der Waals surface area (Å²) in [5.41, 5.74) is 0.461. The van der Waals surface area contributed by atoms with Crippen molar-refractivity contribution in [3.8, 4) is 0 Å². The minimum absolute atomic E-state index is 0.0227. The Labute approximate surface area is 154 Å². The Hall–Kier alpha value is -1.59. The third-order valence-electron chi connectivity index (χ3n) is 7.87. The third kappa shape index (κ3) is 2.33. The summed E-state index contributed by atoms with van der Waals surface area (Å²) in [5.74, 6) is 5.82. The predicted molar refractivity (Wildman–Crippen MR) is 95.6 cm³/mol. The molecule has 0 aromatic heterocycles. The number of Topliss-reactive ketones (excluding diaryl/α,β-unsaturated/α-hetero) is 2. The van der Waals surface area contributed by atoms with Crippen molar-refractivity contribution in [2.45, 2.75) is 46.0 Å². The number of hydrogen-bond donors (Lipinski definition) is 1. The van der Waals surface area contributed by atoms with Gasteiger partial charge in [0.25, 0.3) is 0 Å². The second kappa shape index (κ2) is 5.96. The fraction of sp³-hybridized carbons (Fsp3) is 0.667. The van der Waals surface area contributed by atoms with E-state index in [0.717, 1.165) is 31.3 Å². The van der Waals surface area contributed by atoms with Crippen molar-refractivity contribution in [3.63, 3.8) is 0 Å². The highest BCUT2D eigenvalue weighted by Gasteiger charge is 2.62. The molecule has 4 aliphatic carbocycles. The molecule has 26 heavy (non-hydrogen) atoms. The van der Waals surface area contributed by atoms with E-state index >= 15 is 0 Å². The molecule has 2 N–H and O–H groups in total. The van der Waals surface area contributed by atoms with Crippen molar-refractivity contribution in [1.82, 2.24) is 0 Å². The monoisotopic (exact) mass is 357 g/mol. The van der Waals surface area contributed by atoms with E-state index in [9.17, 15) is 14.4 Å². The molecule has 0 bridgehead atoms. The maximum Gasteiger partial charge on any atom is 0.178 e. The van der Waals surface area contributed by atoms with Gasteiger partial charge in [-0.1, -0.05) is 25.5 Å². The fourth-order valence-electron chi connectivity index (χ4n) is 6.74. The van der Waals surface area contributed by atoms with Crippen LogP contribution >= 0.6 is 0 Å². The standard InChI is InChI=1S/C21H27NO4/c1-20-8-7-13(23)9-12(20)3-4-14-15-5-6-16(18(25)11-26-22)21(15,2)10-17(24)19(14)20/h7-9,14-16,19H,3-6,10-11,22H2,1-2H3. The average molecular weight is 357 g/mol. The zero-order valence-electron chi connectivity index (χ0n) is 15.5. The van der Waals surface area contributed by atoms with Crippen LogP contribution < -0.4 is 5.90 Å². The van der Waals surface area contributed by atoms with Gasteiger partial charge in [-0.05, 0) is 55.1 Å². The Morgan fingerprint density at radius 2 is 2.04 bits per heavy atom. The van der Waals surface area contributed by atoms with E-state index in [4.69, 9.17) is 5.90 Å². The first-order chi connectivity index (χ1) is 12.3. The van der Waals surface area contributed by atoms with Gasteiger partial charge in [0.05, 0.1) is 0 Å². The molecule has 0 heterocycles. The molecule has 3 fully saturated rings. The van der Waals surface area contributed by atoms with Crippen molar-refractivity contribution in [2.24, 2.45) is 40.4 Å². The van der Waals surface area contributed by atoms with E-state index in [-0.39, 0.29) is 52.5 Å². The molecule has 0 saturated heterocycles. The highest BCUT2D eigenvalue weighted by molar-refractivity contribution is 6.01. The van der Waals surface area contributed by atoms with Crippen LogP contribution in [0.25, 0.3) is 0 Å². The van der Waals surface area contributed by atoms with Crippen LogP contribution in [-0.2, 0) is 19.2 Å². The number of carbonyl (C=O) groups excluding carboxylic acids is 3. The number of allylic oxidation sites excluding steroid dienone is 4. The first-order valence-electron chi connectivity index (χ1n) is 9.62. The molecule has 6 unspecified atom stereocenters. The molecule has 3 saturated carbocycles. The van der Waals surface area contributed by atoms with E-state index in [1.165, 1.54) is 0 Å². The number of ketones is 3. The van der Waals surface area contributed by atoms with Gasteiger partial charge in [0, 0.05) is 23.7 Å². The van der Waals surface area contributed by atoms with Crippen LogP contribution in [0.5, 0.6) is 0 Å². The van der Waals surface area contributed by atoms with Crippen LogP contribution in [0.4, 0.5) is 0 Å². The molecule has 0 amide bonds. The van der Waals surface area contributed by atoms with Crippen molar-refractivity contribution in [1.29, 1.82) is 0 Å². The van der Waals surface area contributed by atoms with E-state index in [0.29, 0.717) is 12.3 Å². The first kappa shape index (κ1) is 17.8. The minimum atomic E-state index is -0.349. The zero-order chi connectivity index (χ0) is 18.7. The van der Waals surface area contributed by atoms with Crippen molar-refractivity contribution in [3.05, 3.63) is 23.8 Å². The summed E-state index contributed by atoms with van der Waals surface area (Å²) in [5, 5.41) is 0. The van der Waals surface area contributed by atoms with Crippen molar-refractivity contribution >= 4 is 17.3 Å². The normalized spacial score (nSPS) is 44.2. The Morgan fingerprint density at radius 1 is 1.27 bits per heavy atom. The fourth-order valence-corrected chi connectivity index (χ4v) is 6.74. The summed E-state index contributed by atoms with van der Waals surface area (Å²) in [6, 6.07) is 0. The lowest BCUT2D eigenvalue weighted by atomic mass is 9.47. The summed E-state index contributed by atoms with van der Waals surface area (Å²) in [4.78, 5) is 42.3. The summed E-state index contributed by atoms with van der Waals surface area (Å²) < 4.78 is 0. The molecule has 0 radical (unpaired) electrons. The van der Waals surface area contributed by atoms with Crippen LogP contribution in [-0.4, -0.2) is 24.0 Å². The van der Waals surface area contributed by atoms with Gasteiger partial charge in [-0.2, -0.15) is 0 Å². The highest BCUT2D eigenvalue weighted by atomic mass is 16.6. The Morgan fingerprint density at radius 3 is 2.77 bits per heavy atom. The summed E-state index contributed by atoms with van der Waals surface area (Å²) >= 11 is 0. The van der Waals surface area contributed by atoms with Gasteiger partial charge in [0.15, 0.2) is 11.6 Å². The van der Waals surface area contributed by atoms with Gasteiger partial charge in [0.1, 0.15) is 12.4 Å². The topological polar surface area (TPSA) is 86.5 Å². The molecular weight excluding hydrogens is 330 g/mol.